The number of nitrogens with two attached hydrogens (primary N) is 1. The molecule has 0 saturated carbocycles. The molecule has 1 amide bonds. The van der Waals surface area contributed by atoms with E-state index in [-0.39, 0.29) is 11.3 Å². The molecule has 2 rings (SSSR count). The lowest BCUT2D eigenvalue weighted by Crippen LogP contribution is -2.13. The van der Waals surface area contributed by atoms with Crippen LogP contribution in [0.1, 0.15) is 35.3 Å². The van der Waals surface area contributed by atoms with E-state index in [1.807, 2.05) is 12.1 Å². The number of carbonyl (C=O) groups is 1. The summed E-state index contributed by atoms with van der Waals surface area (Å²) in [6.45, 7) is 7.24. The summed E-state index contributed by atoms with van der Waals surface area (Å²) in [7, 11) is 0. The van der Waals surface area contributed by atoms with Crippen molar-refractivity contribution in [3.05, 3.63) is 40.2 Å². The lowest BCUT2D eigenvalue weighted by molar-refractivity contribution is 0.103. The fourth-order valence-electron chi connectivity index (χ4n) is 1.79. The van der Waals surface area contributed by atoms with Crippen molar-refractivity contribution in [1.29, 1.82) is 0 Å². The van der Waals surface area contributed by atoms with E-state index in [2.05, 4.69) is 31.1 Å². The number of hydrogen-bond acceptors (Lipinski definition) is 5. The minimum absolute atomic E-state index is 0.0391. The van der Waals surface area contributed by atoms with Gasteiger partial charge in [0.1, 0.15) is 18.2 Å². The lowest BCUT2D eigenvalue weighted by atomic mass is 9.95. The molecular weight excluding hydrogens is 298 g/mol. The van der Waals surface area contributed by atoms with Gasteiger partial charge in [0.2, 0.25) is 0 Å². The van der Waals surface area contributed by atoms with Gasteiger partial charge in [-0.15, -0.1) is 11.3 Å². The van der Waals surface area contributed by atoms with Crippen molar-refractivity contribution in [2.75, 3.05) is 18.5 Å². The van der Waals surface area contributed by atoms with Crippen molar-refractivity contribution in [2.24, 2.45) is 5.73 Å². The first-order valence-corrected chi connectivity index (χ1v) is 7.92. The standard InChI is InChI=1S/C16H21N3O2S/c1-16(2,3)13-5-4-12(22-13)15(20)19-14-10-11(6-8-18-14)21-9-7-17/h4-6,8,10H,7,9,17H2,1-3H3,(H,18,19,20). The first-order chi connectivity index (χ1) is 10.4. The SMILES string of the molecule is CC(C)(C)c1ccc(C(=O)Nc2cc(OCCN)ccn2)s1. The highest BCUT2D eigenvalue weighted by Crippen LogP contribution is 2.29. The Morgan fingerprint density at radius 3 is 2.77 bits per heavy atom. The monoisotopic (exact) mass is 319 g/mol. The number of thiophene rings is 1. The molecule has 0 saturated heterocycles. The summed E-state index contributed by atoms with van der Waals surface area (Å²) in [5.41, 5.74) is 5.44. The molecule has 0 unspecified atom stereocenters. The number of carbonyl (C=O) groups excluding carboxylic acids is 1. The second kappa shape index (κ2) is 6.89. The van der Waals surface area contributed by atoms with Crippen LogP contribution in [0.5, 0.6) is 5.75 Å². The minimum atomic E-state index is -0.163. The average Bonchev–Trinajstić information content (AvgIpc) is 2.95. The van der Waals surface area contributed by atoms with Gasteiger partial charge in [0.15, 0.2) is 0 Å². The lowest BCUT2D eigenvalue weighted by Gasteiger charge is -2.15. The number of anilines is 1. The van der Waals surface area contributed by atoms with Crippen LogP contribution in [0.25, 0.3) is 0 Å². The van der Waals surface area contributed by atoms with E-state index in [9.17, 15) is 4.79 Å². The molecule has 5 nitrogen and oxygen atoms in total. The van der Waals surface area contributed by atoms with Crippen molar-refractivity contribution in [1.82, 2.24) is 4.98 Å². The highest BCUT2D eigenvalue weighted by molar-refractivity contribution is 7.14. The van der Waals surface area contributed by atoms with E-state index in [1.165, 1.54) is 16.2 Å². The molecule has 118 valence electrons. The van der Waals surface area contributed by atoms with E-state index in [0.29, 0.717) is 29.6 Å². The van der Waals surface area contributed by atoms with Gasteiger partial charge in [-0.1, -0.05) is 20.8 Å². The van der Waals surface area contributed by atoms with Gasteiger partial charge >= 0.3 is 0 Å². The van der Waals surface area contributed by atoms with Gasteiger partial charge in [-0.05, 0) is 23.6 Å². The van der Waals surface area contributed by atoms with E-state index in [0.717, 1.165) is 0 Å². The summed E-state index contributed by atoms with van der Waals surface area (Å²) < 4.78 is 5.42. The average molecular weight is 319 g/mol. The van der Waals surface area contributed by atoms with E-state index < -0.39 is 0 Å². The smallest absolute Gasteiger partial charge is 0.266 e. The number of nitrogens with zero attached hydrogens (tertiary/aromatic N) is 1. The molecule has 0 radical (unpaired) electrons. The molecule has 0 aromatic carbocycles. The van der Waals surface area contributed by atoms with Gasteiger partial charge in [0.25, 0.3) is 5.91 Å². The maximum Gasteiger partial charge on any atom is 0.266 e. The molecule has 0 aliphatic rings. The molecule has 3 N–H and O–H groups in total. The number of ether oxygens (including phenoxy) is 1. The summed E-state index contributed by atoms with van der Waals surface area (Å²) >= 11 is 1.50. The molecule has 0 spiro atoms. The zero-order valence-corrected chi connectivity index (χ0v) is 13.9. The quantitative estimate of drug-likeness (QED) is 0.888. The zero-order valence-electron chi connectivity index (χ0n) is 13.1. The van der Waals surface area contributed by atoms with Crippen LogP contribution in [0.15, 0.2) is 30.5 Å². The number of pyridine rings is 1. The molecule has 2 aromatic rings. The zero-order chi connectivity index (χ0) is 16.2. The maximum atomic E-state index is 12.3. The predicted octanol–water partition coefficient (Wildman–Crippen LogP) is 3.03. The Morgan fingerprint density at radius 1 is 1.36 bits per heavy atom. The van der Waals surface area contributed by atoms with Crippen molar-refractivity contribution < 1.29 is 9.53 Å². The van der Waals surface area contributed by atoms with Crippen molar-refractivity contribution >= 4 is 23.1 Å². The molecular formula is C16H21N3O2S. The molecule has 6 heteroatoms. The molecule has 22 heavy (non-hydrogen) atoms. The van der Waals surface area contributed by atoms with Gasteiger partial charge in [-0.3, -0.25) is 4.79 Å². The molecule has 2 aromatic heterocycles. The van der Waals surface area contributed by atoms with Gasteiger partial charge in [-0.2, -0.15) is 0 Å². The van der Waals surface area contributed by atoms with Crippen LogP contribution < -0.4 is 15.8 Å². The summed E-state index contributed by atoms with van der Waals surface area (Å²) in [4.78, 5) is 18.2. The Kier molecular flexibility index (Phi) is 5.15. The number of amides is 1. The number of hydrogen-bond donors (Lipinski definition) is 2. The predicted molar refractivity (Wildman–Crippen MR) is 89.8 cm³/mol. The van der Waals surface area contributed by atoms with Crippen LogP contribution in [0.3, 0.4) is 0 Å². The maximum absolute atomic E-state index is 12.3. The summed E-state index contributed by atoms with van der Waals surface area (Å²) in [5.74, 6) is 0.937. The Balaban J connectivity index is 2.07. The fourth-order valence-corrected chi connectivity index (χ4v) is 2.75. The number of nitrogens with one attached hydrogen (secondary N) is 1. The normalized spacial score (nSPS) is 11.3. The highest BCUT2D eigenvalue weighted by atomic mass is 32.1. The van der Waals surface area contributed by atoms with Crippen LogP contribution in [-0.2, 0) is 5.41 Å². The third kappa shape index (κ3) is 4.29. The topological polar surface area (TPSA) is 77.2 Å². The van der Waals surface area contributed by atoms with Gasteiger partial charge in [-0.25, -0.2) is 4.98 Å². The molecule has 0 fully saturated rings. The molecule has 0 aliphatic heterocycles. The fraction of sp³-hybridized carbons (Fsp3) is 0.375. The van der Waals surface area contributed by atoms with Crippen molar-refractivity contribution in [3.63, 3.8) is 0 Å². The van der Waals surface area contributed by atoms with E-state index >= 15 is 0 Å². The summed E-state index contributed by atoms with van der Waals surface area (Å²) in [5, 5.41) is 2.79. The van der Waals surface area contributed by atoms with Crippen molar-refractivity contribution in [2.45, 2.75) is 26.2 Å². The van der Waals surface area contributed by atoms with E-state index in [1.54, 1.807) is 18.3 Å². The largest absolute Gasteiger partial charge is 0.492 e. The van der Waals surface area contributed by atoms with Gasteiger partial charge < -0.3 is 15.8 Å². The Labute approximate surface area is 134 Å². The third-order valence-corrected chi connectivity index (χ3v) is 4.44. The summed E-state index contributed by atoms with van der Waals surface area (Å²) in [6.07, 6.45) is 1.59. The number of aromatic nitrogens is 1. The van der Waals surface area contributed by atoms with E-state index in [4.69, 9.17) is 10.5 Å². The van der Waals surface area contributed by atoms with Crippen molar-refractivity contribution in [3.8, 4) is 5.75 Å². The summed E-state index contributed by atoms with van der Waals surface area (Å²) in [6, 6.07) is 7.25. The molecule has 0 bridgehead atoms. The number of rotatable bonds is 5. The molecule has 0 atom stereocenters. The Morgan fingerprint density at radius 2 is 2.14 bits per heavy atom. The van der Waals surface area contributed by atoms with Crippen LogP contribution in [-0.4, -0.2) is 24.0 Å². The Hall–Kier alpha value is -1.92. The minimum Gasteiger partial charge on any atom is -0.492 e. The first-order valence-electron chi connectivity index (χ1n) is 7.11. The van der Waals surface area contributed by atoms with Crippen LogP contribution in [0.2, 0.25) is 0 Å². The first kappa shape index (κ1) is 16.5. The second-order valence-electron chi connectivity index (χ2n) is 5.88. The van der Waals surface area contributed by atoms with Gasteiger partial charge in [0, 0.05) is 23.7 Å². The third-order valence-electron chi connectivity index (χ3n) is 2.93. The second-order valence-corrected chi connectivity index (χ2v) is 6.97. The van der Waals surface area contributed by atoms with Gasteiger partial charge in [0.05, 0.1) is 4.88 Å². The van der Waals surface area contributed by atoms with Crippen LogP contribution in [0.4, 0.5) is 5.82 Å². The van der Waals surface area contributed by atoms with Crippen LogP contribution >= 0.6 is 11.3 Å². The molecule has 2 heterocycles. The Bertz CT molecular complexity index is 647. The van der Waals surface area contributed by atoms with Crippen LogP contribution in [0, 0.1) is 0 Å². The molecule has 0 aliphatic carbocycles. The highest BCUT2D eigenvalue weighted by Gasteiger charge is 2.18.